The first kappa shape index (κ1) is 22.9. The molecule has 0 aliphatic heterocycles. The van der Waals surface area contributed by atoms with Gasteiger partial charge in [0.1, 0.15) is 23.2 Å². The number of benzene rings is 2. The minimum Gasteiger partial charge on any atom is -0.486 e. The predicted molar refractivity (Wildman–Crippen MR) is 123 cm³/mol. The van der Waals surface area contributed by atoms with E-state index in [0.717, 1.165) is 34.0 Å². The molecule has 31 heavy (non-hydrogen) atoms. The van der Waals surface area contributed by atoms with E-state index in [4.69, 9.17) is 4.74 Å². The first-order valence-corrected chi connectivity index (χ1v) is 11.4. The highest BCUT2D eigenvalue weighted by Crippen LogP contribution is 2.25. The van der Waals surface area contributed by atoms with Crippen LogP contribution in [-0.2, 0) is 13.2 Å². The fourth-order valence-corrected chi connectivity index (χ4v) is 4.09. The van der Waals surface area contributed by atoms with E-state index in [1.54, 1.807) is 17.0 Å². The Morgan fingerprint density at radius 3 is 2.68 bits per heavy atom. The highest BCUT2D eigenvalue weighted by molar-refractivity contribution is 7.09. The molecule has 4 nitrogen and oxygen atoms in total. The van der Waals surface area contributed by atoms with E-state index >= 15 is 0 Å². The summed E-state index contributed by atoms with van der Waals surface area (Å²) in [7, 11) is 0. The van der Waals surface area contributed by atoms with Gasteiger partial charge in [0, 0.05) is 11.4 Å². The van der Waals surface area contributed by atoms with Crippen LogP contribution in [-0.4, -0.2) is 21.8 Å². The van der Waals surface area contributed by atoms with Crippen molar-refractivity contribution in [2.75, 3.05) is 0 Å². The molecular formula is C25H29FN2O2S. The summed E-state index contributed by atoms with van der Waals surface area (Å²) < 4.78 is 20.2. The molecule has 6 heteroatoms. The molecule has 0 N–H and O–H groups in total. The number of nitrogens with zero attached hydrogens (tertiary/aromatic N) is 2. The Balaban J connectivity index is 1.73. The van der Waals surface area contributed by atoms with Gasteiger partial charge >= 0.3 is 0 Å². The van der Waals surface area contributed by atoms with Crippen molar-refractivity contribution in [3.8, 4) is 5.75 Å². The minimum atomic E-state index is -0.503. The molecule has 1 heterocycles. The van der Waals surface area contributed by atoms with E-state index in [2.05, 4.69) is 31.8 Å². The molecule has 0 fully saturated rings. The zero-order valence-electron chi connectivity index (χ0n) is 18.7. The van der Waals surface area contributed by atoms with Gasteiger partial charge in [-0.15, -0.1) is 11.3 Å². The molecule has 3 rings (SSSR count). The van der Waals surface area contributed by atoms with E-state index in [1.807, 2.05) is 25.3 Å². The topological polar surface area (TPSA) is 42.4 Å². The zero-order valence-corrected chi connectivity index (χ0v) is 19.6. The first-order valence-electron chi connectivity index (χ1n) is 10.5. The monoisotopic (exact) mass is 440 g/mol. The molecule has 1 amide bonds. The molecular weight excluding hydrogens is 411 g/mol. The number of aromatic nitrogens is 1. The van der Waals surface area contributed by atoms with Gasteiger partial charge in [-0.1, -0.05) is 25.1 Å². The van der Waals surface area contributed by atoms with E-state index in [1.165, 1.54) is 29.0 Å². The Kier molecular flexibility index (Phi) is 7.44. The number of aryl methyl sites for hydroxylation is 2. The number of rotatable bonds is 8. The van der Waals surface area contributed by atoms with Gasteiger partial charge in [-0.25, -0.2) is 9.37 Å². The third kappa shape index (κ3) is 5.50. The third-order valence-corrected chi connectivity index (χ3v) is 6.41. The van der Waals surface area contributed by atoms with Crippen LogP contribution < -0.4 is 4.74 Å². The summed E-state index contributed by atoms with van der Waals surface area (Å²) in [6.45, 7) is 10.9. The lowest BCUT2D eigenvalue weighted by molar-refractivity contribution is 0.0664. The highest BCUT2D eigenvalue weighted by atomic mass is 32.1. The third-order valence-electron chi connectivity index (χ3n) is 5.53. The fraction of sp³-hybridized carbons (Fsp3) is 0.360. The first-order chi connectivity index (χ1) is 14.8. The molecule has 0 radical (unpaired) electrons. The van der Waals surface area contributed by atoms with Crippen LogP contribution in [0.2, 0.25) is 0 Å². The van der Waals surface area contributed by atoms with Gasteiger partial charge in [0.2, 0.25) is 0 Å². The zero-order chi connectivity index (χ0) is 22.5. The molecule has 2 aromatic carbocycles. The van der Waals surface area contributed by atoms with Gasteiger partial charge in [-0.05, 0) is 69.0 Å². The lowest BCUT2D eigenvalue weighted by atomic mass is 10.1. The largest absolute Gasteiger partial charge is 0.486 e. The number of amides is 1. The molecule has 1 aromatic heterocycles. The Morgan fingerprint density at radius 2 is 1.97 bits per heavy atom. The van der Waals surface area contributed by atoms with Crippen LogP contribution in [0.15, 0.2) is 41.8 Å². The van der Waals surface area contributed by atoms with E-state index < -0.39 is 5.82 Å². The molecule has 0 aliphatic rings. The summed E-state index contributed by atoms with van der Waals surface area (Å²) in [6, 6.07) is 10.2. The number of carbonyl (C=O) groups is 1. The van der Waals surface area contributed by atoms with Crippen molar-refractivity contribution >= 4 is 17.2 Å². The summed E-state index contributed by atoms with van der Waals surface area (Å²) in [5.41, 5.74) is 4.36. The predicted octanol–water partition coefficient (Wildman–Crippen LogP) is 6.23. The van der Waals surface area contributed by atoms with Crippen LogP contribution in [0.4, 0.5) is 4.39 Å². The van der Waals surface area contributed by atoms with Gasteiger partial charge < -0.3 is 9.64 Å². The quantitative estimate of drug-likeness (QED) is 0.417. The minimum absolute atomic E-state index is 0.0357. The number of halogens is 1. The van der Waals surface area contributed by atoms with Gasteiger partial charge in [0.05, 0.1) is 17.8 Å². The lowest BCUT2D eigenvalue weighted by Crippen LogP contribution is -2.38. The van der Waals surface area contributed by atoms with Crippen molar-refractivity contribution in [2.45, 2.75) is 60.2 Å². The van der Waals surface area contributed by atoms with E-state index in [0.29, 0.717) is 13.2 Å². The van der Waals surface area contributed by atoms with Crippen molar-refractivity contribution in [3.63, 3.8) is 0 Å². The molecule has 0 unspecified atom stereocenters. The van der Waals surface area contributed by atoms with Crippen molar-refractivity contribution in [2.24, 2.45) is 0 Å². The average Bonchev–Trinajstić information content (AvgIpc) is 3.20. The van der Waals surface area contributed by atoms with Crippen LogP contribution in [0.3, 0.4) is 0 Å². The van der Waals surface area contributed by atoms with Crippen LogP contribution in [0.1, 0.15) is 58.0 Å². The maximum atomic E-state index is 14.2. The molecule has 0 saturated carbocycles. The second-order valence-electron chi connectivity index (χ2n) is 7.90. The van der Waals surface area contributed by atoms with Crippen molar-refractivity contribution in [1.29, 1.82) is 0 Å². The Hall–Kier alpha value is -2.73. The van der Waals surface area contributed by atoms with Crippen molar-refractivity contribution in [1.82, 2.24) is 9.88 Å². The van der Waals surface area contributed by atoms with Gasteiger partial charge in [0.15, 0.2) is 0 Å². The van der Waals surface area contributed by atoms with Gasteiger partial charge in [-0.3, -0.25) is 4.79 Å². The van der Waals surface area contributed by atoms with Crippen molar-refractivity contribution in [3.05, 3.63) is 80.6 Å². The molecule has 0 aliphatic carbocycles. The summed E-state index contributed by atoms with van der Waals surface area (Å²) >= 11 is 1.51. The van der Waals surface area contributed by atoms with E-state index in [-0.39, 0.29) is 17.5 Å². The normalized spacial score (nSPS) is 11.9. The van der Waals surface area contributed by atoms with E-state index in [9.17, 15) is 9.18 Å². The summed E-state index contributed by atoms with van der Waals surface area (Å²) in [5, 5.41) is 2.79. The summed E-state index contributed by atoms with van der Waals surface area (Å²) in [6.07, 6.45) is 0.770. The second kappa shape index (κ2) is 10.1. The molecule has 0 bridgehead atoms. The average molecular weight is 441 g/mol. The SMILES string of the molecule is CC[C@H](C)N(Cc1csc(COc2cc(C)cc(C)c2C)n1)C(=O)c1ccccc1F. The van der Waals surface area contributed by atoms with Crippen molar-refractivity contribution < 1.29 is 13.9 Å². The Bertz CT molecular complexity index is 1060. The Labute approximate surface area is 187 Å². The van der Waals surface area contributed by atoms with Gasteiger partial charge in [0.25, 0.3) is 5.91 Å². The summed E-state index contributed by atoms with van der Waals surface area (Å²) in [5.74, 6) is 0.0475. The van der Waals surface area contributed by atoms with Crippen LogP contribution >= 0.6 is 11.3 Å². The number of hydrogen-bond acceptors (Lipinski definition) is 4. The second-order valence-corrected chi connectivity index (χ2v) is 8.84. The standard InChI is InChI=1S/C25H29FN2O2S/c1-6-18(4)28(25(29)21-9-7-8-10-22(21)26)13-20-15-31-24(27-20)14-30-23-12-16(2)11-17(3)19(23)5/h7-12,15,18H,6,13-14H2,1-5H3/t18-/m0/s1. The number of ether oxygens (including phenoxy) is 1. The van der Waals surface area contributed by atoms with Gasteiger partial charge in [-0.2, -0.15) is 0 Å². The van der Waals surface area contributed by atoms with Crippen LogP contribution in [0.5, 0.6) is 5.75 Å². The summed E-state index contributed by atoms with van der Waals surface area (Å²) in [4.78, 5) is 19.4. The molecule has 3 aromatic rings. The van der Waals surface area contributed by atoms with Crippen LogP contribution in [0, 0.1) is 26.6 Å². The maximum absolute atomic E-state index is 14.2. The highest BCUT2D eigenvalue weighted by Gasteiger charge is 2.24. The Morgan fingerprint density at radius 1 is 1.23 bits per heavy atom. The molecule has 1 atom stereocenters. The smallest absolute Gasteiger partial charge is 0.257 e. The number of hydrogen-bond donors (Lipinski definition) is 0. The number of carbonyl (C=O) groups excluding carboxylic acids is 1. The molecule has 0 spiro atoms. The fourth-order valence-electron chi connectivity index (χ4n) is 3.39. The number of thiazole rings is 1. The molecule has 0 saturated heterocycles. The molecule has 164 valence electrons. The lowest BCUT2D eigenvalue weighted by Gasteiger charge is -2.28. The van der Waals surface area contributed by atoms with Crippen LogP contribution in [0.25, 0.3) is 0 Å². The maximum Gasteiger partial charge on any atom is 0.257 e.